The minimum Gasteiger partial charge on any atom is -0.397 e. The van der Waals surface area contributed by atoms with Crippen LogP contribution in [0.2, 0.25) is 0 Å². The number of hydrogen-bond donors (Lipinski definition) is 2. The zero-order chi connectivity index (χ0) is 25.0. The summed E-state index contributed by atoms with van der Waals surface area (Å²) in [6, 6.07) is 21.1. The van der Waals surface area contributed by atoms with Gasteiger partial charge >= 0.3 is 0 Å². The van der Waals surface area contributed by atoms with Crippen molar-refractivity contribution < 1.29 is 9.59 Å². The molecule has 0 unspecified atom stereocenters. The van der Waals surface area contributed by atoms with Crippen LogP contribution in [0.3, 0.4) is 0 Å². The Kier molecular flexibility index (Phi) is 6.89. The van der Waals surface area contributed by atoms with Crippen molar-refractivity contribution in [3.63, 3.8) is 0 Å². The van der Waals surface area contributed by atoms with Crippen LogP contribution in [0.15, 0.2) is 72.9 Å². The number of nitrogens with two attached hydrogens (primary N) is 1. The summed E-state index contributed by atoms with van der Waals surface area (Å²) in [5.41, 5.74) is 8.98. The Morgan fingerprint density at radius 2 is 1.64 bits per heavy atom. The van der Waals surface area contributed by atoms with Gasteiger partial charge in [-0.3, -0.25) is 9.59 Å². The number of anilines is 3. The molecule has 0 atom stereocenters. The fourth-order valence-corrected chi connectivity index (χ4v) is 5.33. The molecule has 1 spiro atoms. The second-order valence-corrected chi connectivity index (χ2v) is 9.98. The van der Waals surface area contributed by atoms with Gasteiger partial charge < -0.3 is 20.9 Å². The van der Waals surface area contributed by atoms with Crippen LogP contribution in [0.25, 0.3) is 0 Å². The summed E-state index contributed by atoms with van der Waals surface area (Å²) >= 11 is 0. The zero-order valence-corrected chi connectivity index (χ0v) is 20.5. The van der Waals surface area contributed by atoms with Gasteiger partial charge in [0.05, 0.1) is 16.9 Å². The van der Waals surface area contributed by atoms with E-state index in [2.05, 4.69) is 32.2 Å². The first-order chi connectivity index (χ1) is 17.5. The minimum atomic E-state index is -0.229. The van der Waals surface area contributed by atoms with E-state index >= 15 is 0 Å². The fourth-order valence-electron chi connectivity index (χ4n) is 5.33. The minimum absolute atomic E-state index is 0.217. The van der Waals surface area contributed by atoms with Crippen LogP contribution >= 0.6 is 0 Å². The smallest absolute Gasteiger partial charge is 0.257 e. The summed E-state index contributed by atoms with van der Waals surface area (Å²) in [5, 5.41) is 2.84. The Bertz CT molecular complexity index is 1200. The maximum Gasteiger partial charge on any atom is 0.257 e. The summed E-state index contributed by atoms with van der Waals surface area (Å²) < 4.78 is 0. The normalized spacial score (nSPS) is 16.8. The van der Waals surface area contributed by atoms with Crippen molar-refractivity contribution in [1.82, 2.24) is 9.88 Å². The lowest BCUT2D eigenvalue weighted by atomic mass is 9.78. The van der Waals surface area contributed by atoms with E-state index in [0.29, 0.717) is 23.4 Å². The van der Waals surface area contributed by atoms with Gasteiger partial charge in [-0.25, -0.2) is 4.98 Å². The largest absolute Gasteiger partial charge is 0.397 e. The average Bonchev–Trinajstić information content (AvgIpc) is 3.33. The van der Waals surface area contributed by atoms with E-state index < -0.39 is 0 Å². The van der Waals surface area contributed by atoms with Gasteiger partial charge in [0.25, 0.3) is 5.91 Å². The number of amides is 2. The van der Waals surface area contributed by atoms with Crippen molar-refractivity contribution >= 4 is 29.0 Å². The molecule has 186 valence electrons. The lowest BCUT2D eigenvalue weighted by molar-refractivity contribution is -0.130. The maximum absolute atomic E-state index is 12.8. The number of aromatic nitrogens is 1. The van der Waals surface area contributed by atoms with Gasteiger partial charge in [-0.15, -0.1) is 0 Å². The number of likely N-dealkylation sites (tertiary alicyclic amines) is 1. The summed E-state index contributed by atoms with van der Waals surface area (Å²) in [4.78, 5) is 34.3. The Balaban J connectivity index is 1.12. The number of nitrogen functional groups attached to an aromatic ring is 1. The molecule has 5 rings (SSSR count). The third-order valence-electron chi connectivity index (χ3n) is 7.63. The van der Waals surface area contributed by atoms with Crippen molar-refractivity contribution in [2.75, 3.05) is 42.1 Å². The first kappa shape index (κ1) is 23.9. The second-order valence-electron chi connectivity index (χ2n) is 9.98. The van der Waals surface area contributed by atoms with E-state index in [1.54, 1.807) is 18.3 Å². The van der Waals surface area contributed by atoms with Gasteiger partial charge in [0.1, 0.15) is 5.82 Å². The predicted octanol–water partition coefficient (Wildman–Crippen LogP) is 4.37. The third-order valence-corrected chi connectivity index (χ3v) is 7.63. The van der Waals surface area contributed by atoms with Crippen LogP contribution in [-0.4, -0.2) is 47.9 Å². The predicted molar refractivity (Wildman–Crippen MR) is 143 cm³/mol. The highest BCUT2D eigenvalue weighted by Gasteiger charge is 2.42. The molecule has 0 radical (unpaired) electrons. The Hall–Kier alpha value is -3.87. The van der Waals surface area contributed by atoms with E-state index in [-0.39, 0.29) is 17.2 Å². The summed E-state index contributed by atoms with van der Waals surface area (Å²) in [7, 11) is 0. The molecule has 2 aromatic carbocycles. The molecule has 7 heteroatoms. The first-order valence-corrected chi connectivity index (χ1v) is 12.7. The van der Waals surface area contributed by atoms with Crippen LogP contribution in [0.5, 0.6) is 0 Å². The monoisotopic (exact) mass is 483 g/mol. The van der Waals surface area contributed by atoms with Crippen LogP contribution in [0, 0.1) is 5.41 Å². The Morgan fingerprint density at radius 3 is 2.36 bits per heavy atom. The summed E-state index contributed by atoms with van der Waals surface area (Å²) in [6.45, 7) is 3.54. The molecule has 7 nitrogen and oxygen atoms in total. The van der Waals surface area contributed by atoms with Crippen molar-refractivity contribution in [3.05, 3.63) is 84.1 Å². The van der Waals surface area contributed by atoms with E-state index in [9.17, 15) is 9.59 Å². The van der Waals surface area contributed by atoms with Gasteiger partial charge in [0, 0.05) is 38.8 Å². The standard InChI is InChI=1S/C29H33N5O2/c30-24-8-4-5-9-25(24)32-28(36)23-11-12-26(31-20-23)33-17-14-29(15-18-33)16-19-34(21-29)27(35)13-10-22-6-2-1-3-7-22/h1-9,11-12,20H,10,13-19,21,30H2,(H,32,36). The quantitative estimate of drug-likeness (QED) is 0.508. The number of hydrogen-bond acceptors (Lipinski definition) is 5. The third kappa shape index (κ3) is 5.35. The molecule has 2 saturated heterocycles. The van der Waals surface area contributed by atoms with E-state index in [1.165, 1.54) is 5.56 Å². The average molecular weight is 484 g/mol. The molecule has 2 aliphatic heterocycles. The molecule has 2 amide bonds. The number of aryl methyl sites for hydroxylation is 1. The van der Waals surface area contributed by atoms with Crippen LogP contribution in [0.1, 0.15) is 41.6 Å². The number of piperidine rings is 1. The molecule has 0 aliphatic carbocycles. The molecular formula is C29H33N5O2. The number of para-hydroxylation sites is 2. The summed E-state index contributed by atoms with van der Waals surface area (Å²) in [5.74, 6) is 0.924. The van der Waals surface area contributed by atoms with Gasteiger partial charge in [-0.05, 0) is 60.9 Å². The van der Waals surface area contributed by atoms with Gasteiger partial charge in [0.2, 0.25) is 5.91 Å². The molecule has 2 aliphatic rings. The lowest BCUT2D eigenvalue weighted by Crippen LogP contribution is -2.42. The second kappa shape index (κ2) is 10.4. The van der Waals surface area contributed by atoms with Crippen molar-refractivity contribution in [3.8, 4) is 0 Å². The molecular weight excluding hydrogens is 450 g/mol. The van der Waals surface area contributed by atoms with Crippen molar-refractivity contribution in [2.24, 2.45) is 5.41 Å². The molecule has 3 aromatic rings. The highest BCUT2D eigenvalue weighted by Crippen LogP contribution is 2.41. The van der Waals surface area contributed by atoms with Crippen LogP contribution in [0.4, 0.5) is 17.2 Å². The SMILES string of the molecule is Nc1ccccc1NC(=O)c1ccc(N2CCC3(CCN(C(=O)CCc4ccccc4)C3)CC2)nc1. The van der Waals surface area contributed by atoms with Gasteiger partial charge in [-0.1, -0.05) is 42.5 Å². The lowest BCUT2D eigenvalue weighted by Gasteiger charge is -2.39. The number of rotatable bonds is 6. The first-order valence-electron chi connectivity index (χ1n) is 12.7. The Morgan fingerprint density at radius 1 is 0.917 bits per heavy atom. The van der Waals surface area contributed by atoms with Crippen LogP contribution in [-0.2, 0) is 11.2 Å². The van der Waals surface area contributed by atoms with E-state index in [1.807, 2.05) is 42.5 Å². The number of pyridine rings is 1. The van der Waals surface area contributed by atoms with Gasteiger partial charge in [-0.2, -0.15) is 0 Å². The highest BCUT2D eigenvalue weighted by molar-refractivity contribution is 6.05. The van der Waals surface area contributed by atoms with Crippen molar-refractivity contribution in [2.45, 2.75) is 32.1 Å². The molecule has 3 N–H and O–H groups in total. The molecule has 0 saturated carbocycles. The maximum atomic E-state index is 12.8. The number of carbonyl (C=O) groups is 2. The van der Waals surface area contributed by atoms with Crippen molar-refractivity contribution in [1.29, 1.82) is 0 Å². The van der Waals surface area contributed by atoms with E-state index in [4.69, 9.17) is 5.73 Å². The number of benzene rings is 2. The van der Waals surface area contributed by atoms with Crippen LogP contribution < -0.4 is 16.0 Å². The number of nitrogens with one attached hydrogen (secondary N) is 1. The highest BCUT2D eigenvalue weighted by atomic mass is 16.2. The molecule has 0 bridgehead atoms. The zero-order valence-electron chi connectivity index (χ0n) is 20.5. The Labute approximate surface area is 212 Å². The topological polar surface area (TPSA) is 91.6 Å². The summed E-state index contributed by atoms with van der Waals surface area (Å²) in [6.07, 6.45) is 6.17. The number of nitrogens with zero attached hydrogens (tertiary/aromatic N) is 3. The van der Waals surface area contributed by atoms with E-state index in [0.717, 1.165) is 57.7 Å². The number of carbonyl (C=O) groups excluding carboxylic acids is 2. The molecule has 3 heterocycles. The fraction of sp³-hybridized carbons (Fsp3) is 0.345. The molecule has 36 heavy (non-hydrogen) atoms. The van der Waals surface area contributed by atoms with Gasteiger partial charge in [0.15, 0.2) is 0 Å². The molecule has 2 fully saturated rings. The molecule has 1 aromatic heterocycles.